The molecule has 0 unspecified atom stereocenters. The highest BCUT2D eigenvalue weighted by Gasteiger charge is 2.19. The van der Waals surface area contributed by atoms with Gasteiger partial charge in [-0.15, -0.1) is 11.3 Å². The molecule has 1 aromatic carbocycles. The van der Waals surface area contributed by atoms with Crippen molar-refractivity contribution in [3.8, 4) is 17.3 Å². The van der Waals surface area contributed by atoms with Crippen LogP contribution in [0.4, 0.5) is 5.69 Å². The van der Waals surface area contributed by atoms with Crippen LogP contribution in [0.2, 0.25) is 0 Å². The number of nitrogens with zero attached hydrogens (tertiary/aromatic N) is 3. The molecule has 22 heavy (non-hydrogen) atoms. The number of ether oxygens (including phenoxy) is 1. The van der Waals surface area contributed by atoms with E-state index in [2.05, 4.69) is 11.1 Å². The van der Waals surface area contributed by atoms with Crippen LogP contribution in [0.25, 0.3) is 16.8 Å². The number of thiazole rings is 1. The van der Waals surface area contributed by atoms with Gasteiger partial charge in [0.05, 0.1) is 17.2 Å². The zero-order valence-corrected chi connectivity index (χ0v) is 12.3. The molecule has 110 valence electrons. The van der Waals surface area contributed by atoms with Gasteiger partial charge in [0.25, 0.3) is 5.69 Å². The van der Waals surface area contributed by atoms with Crippen molar-refractivity contribution in [2.24, 2.45) is 0 Å². The van der Waals surface area contributed by atoms with Crippen molar-refractivity contribution < 1.29 is 9.66 Å². The van der Waals surface area contributed by atoms with E-state index in [4.69, 9.17) is 4.74 Å². The molecule has 1 saturated heterocycles. The van der Waals surface area contributed by atoms with E-state index in [1.165, 1.54) is 23.5 Å². The molecule has 2 aromatic rings. The Morgan fingerprint density at radius 2 is 2.36 bits per heavy atom. The largest absolute Gasteiger partial charge is 0.496 e. The first-order valence-electron chi connectivity index (χ1n) is 6.66. The monoisotopic (exact) mass is 313 g/mol. The SMILES string of the molecule is N#CC(=C1CCCO1)c1nc(-c2cccc([N+](=O)[O-])c2)cs1. The number of non-ortho nitro benzene ring substituents is 1. The maximum Gasteiger partial charge on any atom is 0.270 e. The number of rotatable bonds is 3. The average molecular weight is 313 g/mol. The fourth-order valence-electron chi connectivity index (χ4n) is 2.23. The van der Waals surface area contributed by atoms with Crippen LogP contribution in [0.1, 0.15) is 17.8 Å². The summed E-state index contributed by atoms with van der Waals surface area (Å²) in [6.07, 6.45) is 1.65. The highest BCUT2D eigenvalue weighted by molar-refractivity contribution is 7.11. The van der Waals surface area contributed by atoms with Gasteiger partial charge >= 0.3 is 0 Å². The molecule has 0 radical (unpaired) electrons. The van der Waals surface area contributed by atoms with E-state index in [9.17, 15) is 15.4 Å². The summed E-state index contributed by atoms with van der Waals surface area (Å²) in [5.41, 5.74) is 1.76. The maximum absolute atomic E-state index is 10.8. The standard InChI is InChI=1S/C15H11N3O3S/c16-8-12(14-5-2-6-21-14)15-17-13(9-22-15)10-3-1-4-11(7-10)18(19)20/h1,3-4,7,9H,2,5-6H2. The molecule has 1 fully saturated rings. The van der Waals surface area contributed by atoms with Gasteiger partial charge in [-0.3, -0.25) is 10.1 Å². The lowest BCUT2D eigenvalue weighted by molar-refractivity contribution is -0.384. The highest BCUT2D eigenvalue weighted by Crippen LogP contribution is 2.32. The van der Waals surface area contributed by atoms with Crippen LogP contribution < -0.4 is 0 Å². The van der Waals surface area contributed by atoms with Crippen LogP contribution in [-0.2, 0) is 4.74 Å². The lowest BCUT2D eigenvalue weighted by Gasteiger charge is -2.00. The summed E-state index contributed by atoms with van der Waals surface area (Å²) >= 11 is 1.34. The van der Waals surface area contributed by atoms with Gasteiger partial charge in [0.2, 0.25) is 0 Å². The lowest BCUT2D eigenvalue weighted by Crippen LogP contribution is -1.90. The van der Waals surface area contributed by atoms with Gasteiger partial charge in [-0.2, -0.15) is 5.26 Å². The molecule has 1 aliphatic rings. The van der Waals surface area contributed by atoms with Crippen LogP contribution in [0.3, 0.4) is 0 Å². The van der Waals surface area contributed by atoms with Crippen molar-refractivity contribution in [1.29, 1.82) is 5.26 Å². The molecule has 2 heterocycles. The number of hydrogen-bond donors (Lipinski definition) is 0. The van der Waals surface area contributed by atoms with E-state index in [-0.39, 0.29) is 5.69 Å². The zero-order valence-electron chi connectivity index (χ0n) is 11.5. The van der Waals surface area contributed by atoms with Gasteiger partial charge in [-0.05, 0) is 6.42 Å². The molecule has 0 amide bonds. The molecule has 0 aliphatic carbocycles. The summed E-state index contributed by atoms with van der Waals surface area (Å²) in [6.45, 7) is 0.629. The van der Waals surface area contributed by atoms with Gasteiger partial charge in [-0.25, -0.2) is 4.98 Å². The number of aromatic nitrogens is 1. The quantitative estimate of drug-likeness (QED) is 0.489. The first-order valence-corrected chi connectivity index (χ1v) is 7.54. The van der Waals surface area contributed by atoms with E-state index < -0.39 is 4.92 Å². The van der Waals surface area contributed by atoms with Crippen molar-refractivity contribution in [3.05, 3.63) is 50.5 Å². The molecule has 0 saturated carbocycles. The Balaban J connectivity index is 1.97. The minimum Gasteiger partial charge on any atom is -0.496 e. The van der Waals surface area contributed by atoms with Crippen molar-refractivity contribution in [1.82, 2.24) is 4.98 Å². The summed E-state index contributed by atoms with van der Waals surface area (Å²) < 4.78 is 5.46. The third kappa shape index (κ3) is 2.69. The second kappa shape index (κ2) is 5.95. The maximum atomic E-state index is 10.8. The van der Waals surface area contributed by atoms with Gasteiger partial charge < -0.3 is 4.74 Å². The Labute approximate surface area is 130 Å². The van der Waals surface area contributed by atoms with Crippen LogP contribution in [-0.4, -0.2) is 16.5 Å². The third-order valence-corrected chi connectivity index (χ3v) is 4.15. The van der Waals surface area contributed by atoms with E-state index in [1.54, 1.807) is 17.5 Å². The molecular weight excluding hydrogens is 302 g/mol. The number of nitro benzene ring substituents is 1. The minimum atomic E-state index is -0.439. The van der Waals surface area contributed by atoms with Gasteiger partial charge in [-0.1, -0.05) is 12.1 Å². The van der Waals surface area contributed by atoms with Crippen molar-refractivity contribution in [3.63, 3.8) is 0 Å². The summed E-state index contributed by atoms with van der Waals surface area (Å²) in [5, 5.41) is 22.5. The van der Waals surface area contributed by atoms with Gasteiger partial charge in [0.1, 0.15) is 22.4 Å². The summed E-state index contributed by atoms with van der Waals surface area (Å²) in [4.78, 5) is 14.8. The number of nitriles is 1. The fourth-order valence-corrected chi connectivity index (χ4v) is 3.07. The normalized spacial score (nSPS) is 16.0. The molecule has 0 bridgehead atoms. The molecule has 7 heteroatoms. The molecule has 0 spiro atoms. The Morgan fingerprint density at radius 1 is 1.50 bits per heavy atom. The summed E-state index contributed by atoms with van der Waals surface area (Å²) in [6, 6.07) is 8.44. The smallest absolute Gasteiger partial charge is 0.270 e. The summed E-state index contributed by atoms with van der Waals surface area (Å²) in [5.74, 6) is 0.683. The predicted molar refractivity (Wildman–Crippen MR) is 81.9 cm³/mol. The molecule has 3 rings (SSSR count). The van der Waals surface area contributed by atoms with Crippen LogP contribution in [0, 0.1) is 21.4 Å². The molecule has 0 atom stereocenters. The molecular formula is C15H11N3O3S. The minimum absolute atomic E-state index is 0.0186. The van der Waals surface area contributed by atoms with E-state index in [0.717, 1.165) is 12.8 Å². The number of benzene rings is 1. The van der Waals surface area contributed by atoms with Crippen LogP contribution >= 0.6 is 11.3 Å². The van der Waals surface area contributed by atoms with E-state index in [1.807, 2.05) is 0 Å². The van der Waals surface area contributed by atoms with E-state index in [0.29, 0.717) is 34.2 Å². The first-order chi connectivity index (χ1) is 10.7. The predicted octanol–water partition coefficient (Wildman–Crippen LogP) is 3.76. The number of hydrogen-bond acceptors (Lipinski definition) is 6. The van der Waals surface area contributed by atoms with Gasteiger partial charge in [0.15, 0.2) is 0 Å². The Morgan fingerprint density at radius 3 is 3.05 bits per heavy atom. The van der Waals surface area contributed by atoms with Crippen molar-refractivity contribution in [2.75, 3.05) is 6.61 Å². The topological polar surface area (TPSA) is 89.0 Å². The molecule has 1 aliphatic heterocycles. The highest BCUT2D eigenvalue weighted by atomic mass is 32.1. The van der Waals surface area contributed by atoms with Crippen LogP contribution in [0.5, 0.6) is 0 Å². The Bertz CT molecular complexity index is 796. The third-order valence-electron chi connectivity index (χ3n) is 3.29. The Kier molecular flexibility index (Phi) is 3.85. The first kappa shape index (κ1) is 14.2. The molecule has 1 aromatic heterocycles. The van der Waals surface area contributed by atoms with Gasteiger partial charge in [0, 0.05) is 29.5 Å². The average Bonchev–Trinajstić information content (AvgIpc) is 3.20. The van der Waals surface area contributed by atoms with Crippen molar-refractivity contribution >= 4 is 22.6 Å². The van der Waals surface area contributed by atoms with E-state index >= 15 is 0 Å². The second-order valence-corrected chi connectivity index (χ2v) is 5.57. The molecule has 0 N–H and O–H groups in total. The lowest BCUT2D eigenvalue weighted by atomic mass is 10.1. The Hall–Kier alpha value is -2.72. The second-order valence-electron chi connectivity index (χ2n) is 4.71. The number of nitro groups is 1. The zero-order chi connectivity index (χ0) is 15.5. The number of allylic oxidation sites excluding steroid dienone is 2. The van der Waals surface area contributed by atoms with Crippen LogP contribution in [0.15, 0.2) is 35.4 Å². The van der Waals surface area contributed by atoms with Crippen molar-refractivity contribution in [2.45, 2.75) is 12.8 Å². The fraction of sp³-hybridized carbons (Fsp3) is 0.200. The molecule has 6 nitrogen and oxygen atoms in total. The summed E-state index contributed by atoms with van der Waals surface area (Å²) in [7, 11) is 0.